The molecule has 2 rings (SSSR count). The highest BCUT2D eigenvalue weighted by Gasteiger charge is 2.18. The fourth-order valence-electron chi connectivity index (χ4n) is 2.19. The average Bonchev–Trinajstić information content (AvgIpc) is 2.47. The van der Waals surface area contributed by atoms with Gasteiger partial charge in [0.2, 0.25) is 5.91 Å². The zero-order valence-corrected chi connectivity index (χ0v) is 15.4. The minimum Gasteiger partial charge on any atom is -0.345 e. The summed E-state index contributed by atoms with van der Waals surface area (Å²) in [5.41, 5.74) is 1.26. The SMILES string of the molecule is CN(CCc1ccc(Br)cc1)C(=O)CC1CSCCN1.Cl. The first-order chi connectivity index (χ1) is 9.65. The van der Waals surface area contributed by atoms with Crippen molar-refractivity contribution in [2.45, 2.75) is 18.9 Å². The molecule has 1 saturated heterocycles. The van der Waals surface area contributed by atoms with E-state index in [1.165, 1.54) is 5.56 Å². The Labute approximate surface area is 145 Å². The zero-order chi connectivity index (χ0) is 14.4. The molecule has 1 aromatic rings. The molecule has 3 nitrogen and oxygen atoms in total. The minimum absolute atomic E-state index is 0. The molecule has 0 aliphatic carbocycles. The van der Waals surface area contributed by atoms with Gasteiger partial charge in [0.25, 0.3) is 0 Å². The van der Waals surface area contributed by atoms with Crippen molar-refractivity contribution in [3.05, 3.63) is 34.3 Å². The van der Waals surface area contributed by atoms with Gasteiger partial charge in [0, 0.05) is 48.6 Å². The second-order valence-electron chi connectivity index (χ2n) is 5.12. The Morgan fingerprint density at radius 2 is 2.14 bits per heavy atom. The van der Waals surface area contributed by atoms with Crippen LogP contribution >= 0.6 is 40.1 Å². The van der Waals surface area contributed by atoms with Gasteiger partial charge in [0.05, 0.1) is 0 Å². The molecule has 0 aromatic heterocycles. The molecule has 21 heavy (non-hydrogen) atoms. The molecule has 1 unspecified atom stereocenters. The maximum absolute atomic E-state index is 12.2. The van der Waals surface area contributed by atoms with Crippen LogP contribution in [0, 0.1) is 0 Å². The van der Waals surface area contributed by atoms with Crippen LogP contribution in [0.4, 0.5) is 0 Å². The van der Waals surface area contributed by atoms with Crippen LogP contribution in [0.15, 0.2) is 28.7 Å². The van der Waals surface area contributed by atoms with E-state index in [4.69, 9.17) is 0 Å². The summed E-state index contributed by atoms with van der Waals surface area (Å²) >= 11 is 5.36. The number of hydrogen-bond acceptors (Lipinski definition) is 3. The second-order valence-corrected chi connectivity index (χ2v) is 7.19. The number of rotatable bonds is 5. The van der Waals surface area contributed by atoms with Gasteiger partial charge in [-0.15, -0.1) is 12.4 Å². The van der Waals surface area contributed by atoms with Crippen molar-refractivity contribution in [2.24, 2.45) is 0 Å². The van der Waals surface area contributed by atoms with E-state index in [9.17, 15) is 4.79 Å². The molecular formula is C15H22BrClN2OS. The molecule has 118 valence electrons. The Hall–Kier alpha value is -0.230. The fourth-order valence-corrected chi connectivity index (χ4v) is 3.40. The summed E-state index contributed by atoms with van der Waals surface area (Å²) in [6, 6.07) is 8.63. The van der Waals surface area contributed by atoms with Gasteiger partial charge in [-0.2, -0.15) is 11.8 Å². The van der Waals surface area contributed by atoms with Crippen LogP contribution in [0.1, 0.15) is 12.0 Å². The van der Waals surface area contributed by atoms with Crippen LogP contribution in [0.3, 0.4) is 0 Å². The molecule has 0 radical (unpaired) electrons. The molecule has 6 heteroatoms. The van der Waals surface area contributed by atoms with Crippen LogP contribution in [-0.4, -0.2) is 48.5 Å². The van der Waals surface area contributed by atoms with Crippen molar-refractivity contribution in [3.8, 4) is 0 Å². The maximum Gasteiger partial charge on any atom is 0.223 e. The van der Waals surface area contributed by atoms with Crippen molar-refractivity contribution in [1.82, 2.24) is 10.2 Å². The summed E-state index contributed by atoms with van der Waals surface area (Å²) in [5, 5.41) is 3.41. The lowest BCUT2D eigenvalue weighted by Crippen LogP contribution is -2.42. The predicted octanol–water partition coefficient (Wildman–Crippen LogP) is 2.97. The molecule has 0 bridgehead atoms. The number of halogens is 2. The predicted molar refractivity (Wildman–Crippen MR) is 96.5 cm³/mol. The van der Waals surface area contributed by atoms with Gasteiger partial charge in [0.15, 0.2) is 0 Å². The van der Waals surface area contributed by atoms with E-state index in [1.807, 2.05) is 35.8 Å². The fraction of sp³-hybridized carbons (Fsp3) is 0.533. The van der Waals surface area contributed by atoms with Crippen LogP contribution in [0.25, 0.3) is 0 Å². The summed E-state index contributed by atoms with van der Waals surface area (Å²) < 4.78 is 1.09. The molecule has 1 heterocycles. The molecule has 1 aliphatic rings. The number of carbonyl (C=O) groups excluding carboxylic acids is 1. The number of nitrogens with zero attached hydrogens (tertiary/aromatic N) is 1. The Bertz CT molecular complexity index is 438. The van der Waals surface area contributed by atoms with E-state index in [0.717, 1.165) is 35.5 Å². The zero-order valence-electron chi connectivity index (χ0n) is 12.2. The Kier molecular flexibility index (Phi) is 8.71. The number of likely N-dealkylation sites (N-methyl/N-ethyl adjacent to an activating group) is 1. The van der Waals surface area contributed by atoms with Gasteiger partial charge < -0.3 is 10.2 Å². The third-order valence-corrected chi connectivity index (χ3v) is 5.15. The van der Waals surface area contributed by atoms with E-state index >= 15 is 0 Å². The molecule has 1 atom stereocenters. The molecular weight excluding hydrogens is 372 g/mol. The van der Waals surface area contributed by atoms with Crippen LogP contribution in [0.2, 0.25) is 0 Å². The highest BCUT2D eigenvalue weighted by atomic mass is 79.9. The van der Waals surface area contributed by atoms with E-state index in [-0.39, 0.29) is 18.3 Å². The van der Waals surface area contributed by atoms with Crippen molar-refractivity contribution < 1.29 is 4.79 Å². The Morgan fingerprint density at radius 3 is 2.76 bits per heavy atom. The van der Waals surface area contributed by atoms with Crippen LogP contribution in [-0.2, 0) is 11.2 Å². The number of thioether (sulfide) groups is 1. The minimum atomic E-state index is 0. The first kappa shape index (κ1) is 18.8. The van der Waals surface area contributed by atoms with Gasteiger partial charge in [0.1, 0.15) is 0 Å². The van der Waals surface area contributed by atoms with Crippen molar-refractivity contribution in [1.29, 1.82) is 0 Å². The van der Waals surface area contributed by atoms with Crippen molar-refractivity contribution >= 4 is 46.0 Å². The van der Waals surface area contributed by atoms with E-state index in [0.29, 0.717) is 12.5 Å². The van der Waals surface area contributed by atoms with Gasteiger partial charge in [-0.1, -0.05) is 28.1 Å². The first-order valence-electron chi connectivity index (χ1n) is 6.94. The standard InChI is InChI=1S/C15H21BrN2OS.ClH/c1-18(8-6-12-2-4-13(16)5-3-12)15(19)10-14-11-20-9-7-17-14;/h2-5,14,17H,6-11H2,1H3;1H. The molecule has 0 saturated carbocycles. The monoisotopic (exact) mass is 392 g/mol. The summed E-state index contributed by atoms with van der Waals surface area (Å²) in [4.78, 5) is 14.0. The lowest BCUT2D eigenvalue weighted by molar-refractivity contribution is -0.130. The summed E-state index contributed by atoms with van der Waals surface area (Å²) in [5.74, 6) is 2.44. The number of nitrogens with one attached hydrogen (secondary N) is 1. The third kappa shape index (κ3) is 6.59. The summed E-state index contributed by atoms with van der Waals surface area (Å²) in [6.45, 7) is 1.80. The average molecular weight is 394 g/mol. The van der Waals surface area contributed by atoms with Crippen LogP contribution < -0.4 is 5.32 Å². The normalized spacial score (nSPS) is 17.9. The quantitative estimate of drug-likeness (QED) is 0.835. The number of benzene rings is 1. The van der Waals surface area contributed by atoms with Crippen molar-refractivity contribution in [3.63, 3.8) is 0 Å². The Balaban J connectivity index is 0.00000220. The van der Waals surface area contributed by atoms with Crippen LogP contribution in [0.5, 0.6) is 0 Å². The number of amides is 1. The number of hydrogen-bond donors (Lipinski definition) is 1. The molecule has 1 fully saturated rings. The van der Waals surface area contributed by atoms with Gasteiger partial charge in [-0.3, -0.25) is 4.79 Å². The Morgan fingerprint density at radius 1 is 1.43 bits per heavy atom. The smallest absolute Gasteiger partial charge is 0.223 e. The lowest BCUT2D eigenvalue weighted by atomic mass is 10.1. The molecule has 1 aliphatic heterocycles. The molecule has 1 aromatic carbocycles. The highest BCUT2D eigenvalue weighted by Crippen LogP contribution is 2.13. The third-order valence-electron chi connectivity index (χ3n) is 3.49. The topological polar surface area (TPSA) is 32.3 Å². The number of carbonyl (C=O) groups is 1. The molecule has 1 amide bonds. The van der Waals surface area contributed by atoms with Gasteiger partial charge in [-0.05, 0) is 24.1 Å². The maximum atomic E-state index is 12.2. The summed E-state index contributed by atoms with van der Waals surface area (Å²) in [6.07, 6.45) is 1.52. The molecule has 1 N–H and O–H groups in total. The van der Waals surface area contributed by atoms with Crippen molar-refractivity contribution in [2.75, 3.05) is 31.6 Å². The first-order valence-corrected chi connectivity index (χ1v) is 8.89. The van der Waals surface area contributed by atoms with E-state index in [2.05, 4.69) is 33.4 Å². The van der Waals surface area contributed by atoms with Gasteiger partial charge >= 0.3 is 0 Å². The summed E-state index contributed by atoms with van der Waals surface area (Å²) in [7, 11) is 1.90. The van der Waals surface area contributed by atoms with E-state index in [1.54, 1.807) is 0 Å². The van der Waals surface area contributed by atoms with Gasteiger partial charge in [-0.25, -0.2) is 0 Å². The highest BCUT2D eigenvalue weighted by molar-refractivity contribution is 9.10. The lowest BCUT2D eigenvalue weighted by Gasteiger charge is -2.25. The largest absolute Gasteiger partial charge is 0.345 e. The molecule has 0 spiro atoms. The van der Waals surface area contributed by atoms with E-state index < -0.39 is 0 Å². The second kappa shape index (κ2) is 9.72.